The van der Waals surface area contributed by atoms with Gasteiger partial charge >= 0.3 is 0 Å². The molecule has 0 heterocycles. The fourth-order valence-electron chi connectivity index (χ4n) is 10.2. The van der Waals surface area contributed by atoms with Crippen LogP contribution in [-0.2, 0) is 0 Å². The Labute approximate surface area is 353 Å². The van der Waals surface area contributed by atoms with Crippen LogP contribution >= 0.6 is 0 Å². The zero-order chi connectivity index (χ0) is 40.0. The molecule has 0 atom stereocenters. The first-order valence-corrected chi connectivity index (χ1v) is 21.2. The Bertz CT molecular complexity index is 3740. The number of hydrogen-bond donors (Lipinski definition) is 0. The zero-order valence-electron chi connectivity index (χ0n) is 33.3. The fourth-order valence-corrected chi connectivity index (χ4v) is 10.2. The summed E-state index contributed by atoms with van der Waals surface area (Å²) in [6, 6.07) is 83.4. The molecule has 0 unspecified atom stereocenters. The van der Waals surface area contributed by atoms with Crippen LogP contribution in [-0.4, -0.2) is 0 Å². The SMILES string of the molecule is c1ccc2cc(-c3ccc(N(c4ccc(-c5ccc6ccccc6c5)cc4)c4cc5cccc6c7cccc8ccc9cccc(c%10cccc4c%10c56)c9c87)cc3)ccc2c1. The van der Waals surface area contributed by atoms with E-state index in [1.165, 1.54) is 108 Å². The van der Waals surface area contributed by atoms with E-state index in [0.29, 0.717) is 0 Å². The van der Waals surface area contributed by atoms with Gasteiger partial charge in [0, 0.05) is 22.1 Å². The Balaban J connectivity index is 1.07. The van der Waals surface area contributed by atoms with Gasteiger partial charge in [-0.2, -0.15) is 0 Å². The van der Waals surface area contributed by atoms with E-state index in [-0.39, 0.29) is 0 Å². The number of hydrogen-bond acceptors (Lipinski definition) is 1. The second-order valence-corrected chi connectivity index (χ2v) is 16.5. The molecule has 0 saturated heterocycles. The third-order valence-electron chi connectivity index (χ3n) is 13.1. The Kier molecular flexibility index (Phi) is 7.37. The van der Waals surface area contributed by atoms with E-state index in [0.717, 1.165) is 17.1 Å². The lowest BCUT2D eigenvalue weighted by atomic mass is 9.87. The van der Waals surface area contributed by atoms with Gasteiger partial charge in [0.2, 0.25) is 0 Å². The predicted octanol–water partition coefficient (Wildman–Crippen LogP) is 17.2. The van der Waals surface area contributed by atoms with Gasteiger partial charge in [0.05, 0.1) is 5.69 Å². The minimum absolute atomic E-state index is 1.11. The van der Waals surface area contributed by atoms with Gasteiger partial charge in [0.25, 0.3) is 0 Å². The number of fused-ring (bicyclic) bond motifs is 4. The van der Waals surface area contributed by atoms with Crippen molar-refractivity contribution < 1.29 is 0 Å². The van der Waals surface area contributed by atoms with Crippen LogP contribution in [0.2, 0.25) is 0 Å². The molecule has 0 saturated carbocycles. The number of nitrogens with zero attached hydrogens (tertiary/aromatic N) is 1. The second kappa shape index (κ2) is 13.3. The van der Waals surface area contributed by atoms with Crippen molar-refractivity contribution in [1.82, 2.24) is 0 Å². The van der Waals surface area contributed by atoms with E-state index >= 15 is 0 Å². The third-order valence-corrected chi connectivity index (χ3v) is 13.1. The van der Waals surface area contributed by atoms with Crippen LogP contribution in [0.4, 0.5) is 17.1 Å². The molecule has 1 nitrogen and oxygen atoms in total. The third kappa shape index (κ3) is 5.27. The van der Waals surface area contributed by atoms with E-state index < -0.39 is 0 Å². The lowest BCUT2D eigenvalue weighted by Crippen LogP contribution is -2.10. The molecule has 13 aromatic carbocycles. The molecule has 0 spiro atoms. The smallest absolute Gasteiger partial charge is 0.0546 e. The maximum absolute atomic E-state index is 2.47. The van der Waals surface area contributed by atoms with Crippen molar-refractivity contribution in [2.75, 3.05) is 4.90 Å². The summed E-state index contributed by atoms with van der Waals surface area (Å²) >= 11 is 0. The molecule has 1 heteroatoms. The average molecular weight is 772 g/mol. The molecule has 13 aromatic rings. The van der Waals surface area contributed by atoms with Gasteiger partial charge in [-0.15, -0.1) is 0 Å². The van der Waals surface area contributed by atoms with Gasteiger partial charge in [-0.05, 0) is 140 Å². The summed E-state index contributed by atoms with van der Waals surface area (Å²) in [5.74, 6) is 0. The van der Waals surface area contributed by atoms with E-state index in [9.17, 15) is 0 Å². The van der Waals surface area contributed by atoms with Crippen LogP contribution in [0.25, 0.3) is 108 Å². The zero-order valence-corrected chi connectivity index (χ0v) is 33.3. The minimum Gasteiger partial charge on any atom is -0.310 e. The standard InChI is InChI=1S/C60H37N/c1-3-11-44-35-46(25-21-38(44)9-1)40-27-31-49(32-28-40)61(50-33-29-41(30-34-50)47-26-22-39-10-2-4-12-45(39)36-47)56-37-48-15-7-18-52-51-16-5-13-42-23-24-43-14-6-17-53(58(43)57(42)51)54-19-8-20-55(56)60(54)59(48)52/h1-37H. The maximum Gasteiger partial charge on any atom is 0.0546 e. The van der Waals surface area contributed by atoms with Crippen LogP contribution in [0.3, 0.4) is 0 Å². The van der Waals surface area contributed by atoms with Crippen LogP contribution in [0.1, 0.15) is 0 Å². The molecule has 0 aromatic heterocycles. The van der Waals surface area contributed by atoms with Crippen molar-refractivity contribution in [1.29, 1.82) is 0 Å². The van der Waals surface area contributed by atoms with Gasteiger partial charge in [0.15, 0.2) is 0 Å². The predicted molar refractivity (Wildman–Crippen MR) is 263 cm³/mol. The first-order chi connectivity index (χ1) is 30.2. The maximum atomic E-state index is 2.47. The van der Waals surface area contributed by atoms with Crippen molar-refractivity contribution in [3.8, 4) is 22.3 Å². The number of rotatable bonds is 5. The van der Waals surface area contributed by atoms with Crippen molar-refractivity contribution in [2.45, 2.75) is 0 Å². The molecule has 61 heavy (non-hydrogen) atoms. The Morgan fingerprint density at radius 1 is 0.213 bits per heavy atom. The normalized spacial score (nSPS) is 11.9. The molecule has 0 amide bonds. The molecular weight excluding hydrogens is 735 g/mol. The monoisotopic (exact) mass is 771 g/mol. The van der Waals surface area contributed by atoms with Gasteiger partial charge in [-0.1, -0.05) is 182 Å². The molecule has 0 N–H and O–H groups in total. The Hall–Kier alpha value is -8.00. The summed E-state index contributed by atoms with van der Waals surface area (Å²) in [6.45, 7) is 0. The summed E-state index contributed by atoms with van der Waals surface area (Å²) in [7, 11) is 0. The molecule has 0 aliphatic carbocycles. The Morgan fingerprint density at radius 2 is 0.574 bits per heavy atom. The molecular formula is C60H37N. The van der Waals surface area contributed by atoms with E-state index in [4.69, 9.17) is 0 Å². The highest BCUT2D eigenvalue weighted by Gasteiger charge is 2.21. The van der Waals surface area contributed by atoms with E-state index in [1.807, 2.05) is 0 Å². The summed E-state index contributed by atoms with van der Waals surface area (Å²) in [5.41, 5.74) is 8.17. The highest BCUT2D eigenvalue weighted by molar-refractivity contribution is 6.38. The largest absolute Gasteiger partial charge is 0.310 e. The first kappa shape index (κ1) is 33.9. The minimum atomic E-state index is 1.11. The quantitative estimate of drug-likeness (QED) is 0.158. The van der Waals surface area contributed by atoms with Crippen molar-refractivity contribution >= 4 is 103 Å². The van der Waals surface area contributed by atoms with Crippen LogP contribution in [0, 0.1) is 0 Å². The van der Waals surface area contributed by atoms with Crippen LogP contribution in [0.5, 0.6) is 0 Å². The average Bonchev–Trinajstić information content (AvgIpc) is 3.33. The van der Waals surface area contributed by atoms with Crippen molar-refractivity contribution in [3.05, 3.63) is 224 Å². The van der Waals surface area contributed by atoms with Gasteiger partial charge in [-0.3, -0.25) is 0 Å². The van der Waals surface area contributed by atoms with Crippen molar-refractivity contribution in [3.63, 3.8) is 0 Å². The van der Waals surface area contributed by atoms with Crippen molar-refractivity contribution in [2.24, 2.45) is 0 Å². The second-order valence-electron chi connectivity index (χ2n) is 16.5. The summed E-state index contributed by atoms with van der Waals surface area (Å²) in [6.07, 6.45) is 0. The summed E-state index contributed by atoms with van der Waals surface area (Å²) in [5, 5.41) is 20.3. The Morgan fingerprint density at radius 3 is 1.08 bits per heavy atom. The highest BCUT2D eigenvalue weighted by Crippen LogP contribution is 2.48. The van der Waals surface area contributed by atoms with E-state index in [2.05, 4.69) is 229 Å². The molecule has 0 aliphatic heterocycles. The van der Waals surface area contributed by atoms with Gasteiger partial charge in [-0.25, -0.2) is 0 Å². The van der Waals surface area contributed by atoms with Crippen LogP contribution in [0.15, 0.2) is 224 Å². The molecule has 0 fully saturated rings. The molecule has 0 radical (unpaired) electrons. The topological polar surface area (TPSA) is 3.24 Å². The summed E-state index contributed by atoms with van der Waals surface area (Å²) in [4.78, 5) is 2.47. The highest BCUT2D eigenvalue weighted by atomic mass is 15.1. The first-order valence-electron chi connectivity index (χ1n) is 21.2. The molecule has 282 valence electrons. The van der Waals surface area contributed by atoms with Gasteiger partial charge in [0.1, 0.15) is 0 Å². The number of benzene rings is 12. The molecule has 0 aliphatic rings. The lowest BCUT2D eigenvalue weighted by molar-refractivity contribution is 1.30. The lowest BCUT2D eigenvalue weighted by Gasteiger charge is -2.28. The van der Waals surface area contributed by atoms with Gasteiger partial charge < -0.3 is 4.90 Å². The molecule has 13 rings (SSSR count). The number of anilines is 3. The summed E-state index contributed by atoms with van der Waals surface area (Å²) < 4.78 is 0. The fraction of sp³-hybridized carbons (Fsp3) is 0. The van der Waals surface area contributed by atoms with Crippen LogP contribution < -0.4 is 4.90 Å². The van der Waals surface area contributed by atoms with E-state index in [1.54, 1.807) is 0 Å². The molecule has 0 bridgehead atoms.